The number of urea groups is 2. The summed E-state index contributed by atoms with van der Waals surface area (Å²) >= 11 is 16.8. The number of nitriles is 2. The maximum Gasteiger partial charge on any atom is 0.324 e. The minimum Gasteiger partial charge on any atom is -0.389 e. The molecular formula is C71H77BCl2N14O4S. The number of aliphatic hydroxyl groups is 2. The third kappa shape index (κ3) is 16.1. The smallest absolute Gasteiger partial charge is 0.324 e. The Hall–Kier alpha value is -8.57. The van der Waals surface area contributed by atoms with Crippen molar-refractivity contribution in [1.82, 2.24) is 48.7 Å². The van der Waals surface area contributed by atoms with Gasteiger partial charge in [0, 0.05) is 124 Å². The van der Waals surface area contributed by atoms with Gasteiger partial charge in [0.15, 0.2) is 6.52 Å². The fourth-order valence-corrected chi connectivity index (χ4v) is 12.8. The Morgan fingerprint density at radius 3 is 1.37 bits per heavy atom. The highest BCUT2D eigenvalue weighted by Crippen LogP contribution is 2.43. The van der Waals surface area contributed by atoms with Crippen molar-refractivity contribution in [2.45, 2.75) is 84.7 Å². The van der Waals surface area contributed by atoms with Crippen molar-refractivity contribution >= 4 is 88.9 Å². The summed E-state index contributed by atoms with van der Waals surface area (Å²) in [5.74, 6) is 1.87. The van der Waals surface area contributed by atoms with E-state index in [0.29, 0.717) is 98.0 Å². The summed E-state index contributed by atoms with van der Waals surface area (Å²) in [5, 5.41) is 35.5. The van der Waals surface area contributed by atoms with Gasteiger partial charge in [0.2, 0.25) is 1.43 Å². The van der Waals surface area contributed by atoms with Gasteiger partial charge in [0.25, 0.3) is 0 Å². The first-order valence-corrected chi connectivity index (χ1v) is 32.2. The van der Waals surface area contributed by atoms with Gasteiger partial charge >= 0.3 is 12.1 Å². The Kier molecular flexibility index (Phi) is 20.5. The van der Waals surface area contributed by atoms with E-state index in [0.717, 1.165) is 67.6 Å². The maximum absolute atomic E-state index is 14.0. The molecule has 478 valence electrons. The summed E-state index contributed by atoms with van der Waals surface area (Å²) in [6.45, 7) is 18.5. The Labute approximate surface area is 563 Å². The first-order valence-electron chi connectivity index (χ1n) is 31.9. The highest BCUT2D eigenvalue weighted by Gasteiger charge is 2.38. The lowest BCUT2D eigenvalue weighted by molar-refractivity contribution is 0.0833. The van der Waals surface area contributed by atoms with Gasteiger partial charge < -0.3 is 29.1 Å². The highest BCUT2D eigenvalue weighted by atomic mass is 35.5. The molecule has 22 heteroatoms. The second-order valence-electron chi connectivity index (χ2n) is 24.7. The normalized spacial score (nSPS) is 16.6. The van der Waals surface area contributed by atoms with Crippen molar-refractivity contribution in [3.05, 3.63) is 224 Å². The number of allylic oxidation sites excluding steroid dienone is 2. The predicted octanol–water partition coefficient (Wildman–Crippen LogP) is 11.9. The van der Waals surface area contributed by atoms with Crippen LogP contribution in [0, 0.1) is 36.5 Å². The average molecular weight is 1310 g/mol. The topological polar surface area (TPSA) is 203 Å². The summed E-state index contributed by atoms with van der Waals surface area (Å²) in [4.78, 5) is 58.4. The standard InChI is InChI=1S/2C35H36ClN7O2.CH5BS/c2*1-24-38-13-14-42(24)22-27-19-26-5-4-12-39-32(26)33(30-11-8-28(36)20-31(27)30)40-15-17-41(18-16-40)34(44)43(23-35(2,3)45)29-9-6-25(21-37)7-10-29;1-2-3/h2*4-14,19-20,33,45H,15-18,22-23H2,1-3H3;2-3H,1H3/i45T;;2D. The molecule has 2 aliphatic heterocycles. The third-order valence-corrected chi connectivity index (χ3v) is 17.3. The van der Waals surface area contributed by atoms with E-state index >= 15 is 0 Å². The number of carbonyl (C=O) groups is 2. The molecule has 0 saturated carbocycles. The molecule has 0 spiro atoms. The van der Waals surface area contributed by atoms with E-state index in [-0.39, 0.29) is 43.8 Å². The van der Waals surface area contributed by atoms with Crippen LogP contribution in [0.4, 0.5) is 21.0 Å². The molecule has 93 heavy (non-hydrogen) atoms. The fraction of sp³-hybridized carbons (Fsp3) is 0.324. The Bertz CT molecular complexity index is 4190. The van der Waals surface area contributed by atoms with Crippen LogP contribution in [0.2, 0.25) is 16.9 Å². The number of amides is 4. The molecule has 18 nitrogen and oxygen atoms in total. The molecule has 6 heterocycles. The van der Waals surface area contributed by atoms with Gasteiger partial charge in [0.1, 0.15) is 11.6 Å². The van der Waals surface area contributed by atoms with Gasteiger partial charge in [0.05, 0.1) is 71.0 Å². The van der Waals surface area contributed by atoms with Crippen LogP contribution < -0.4 is 9.80 Å². The van der Waals surface area contributed by atoms with E-state index in [1.807, 2.05) is 97.2 Å². The van der Waals surface area contributed by atoms with Crippen LogP contribution >= 0.6 is 35.7 Å². The van der Waals surface area contributed by atoms with Gasteiger partial charge in [-0.15, -0.1) is 0 Å². The molecule has 4 aromatic heterocycles. The van der Waals surface area contributed by atoms with Crippen molar-refractivity contribution in [3.8, 4) is 12.1 Å². The lowest BCUT2D eigenvalue weighted by Crippen LogP contribution is -2.55. The van der Waals surface area contributed by atoms with Crippen molar-refractivity contribution in [1.29, 1.82) is 13.3 Å². The van der Waals surface area contributed by atoms with E-state index in [2.05, 4.69) is 89.9 Å². The summed E-state index contributed by atoms with van der Waals surface area (Å²) in [6, 6.07) is 37.7. The molecule has 2 saturated heterocycles. The number of pyridine rings is 2. The number of hydrogen-bond donors (Lipinski definition) is 3. The predicted molar refractivity (Wildman–Crippen MR) is 373 cm³/mol. The molecule has 0 radical (unpaired) electrons. The van der Waals surface area contributed by atoms with E-state index < -0.39 is 11.2 Å². The van der Waals surface area contributed by atoms with Crippen LogP contribution in [0.3, 0.4) is 0 Å². The number of carbonyl (C=O) groups excluding carboxylic acids is 2. The van der Waals surface area contributed by atoms with Gasteiger partial charge in [-0.25, -0.2) is 32.0 Å². The largest absolute Gasteiger partial charge is 0.389 e. The number of imidazole rings is 2. The first-order chi connectivity index (χ1) is 45.5. The summed E-state index contributed by atoms with van der Waals surface area (Å²) < 4.78 is 18.3. The molecule has 2 aliphatic carbocycles. The van der Waals surface area contributed by atoms with Crippen LogP contribution in [0.15, 0.2) is 146 Å². The minimum absolute atomic E-state index is 0.122. The number of aromatic nitrogens is 6. The molecule has 4 aromatic carbocycles. The van der Waals surface area contributed by atoms with E-state index in [9.17, 15) is 25.2 Å². The van der Waals surface area contributed by atoms with E-state index in [1.54, 1.807) is 92.8 Å². The Morgan fingerprint density at radius 2 is 1.02 bits per heavy atom. The number of nitrogens with zero attached hydrogens (tertiary/aromatic N) is 14. The van der Waals surface area contributed by atoms with Gasteiger partial charge in [-0.1, -0.05) is 54.3 Å². The molecule has 2 N–H and O–H groups in total. The first kappa shape index (κ1) is 64.5. The molecule has 2 atom stereocenters. The minimum atomic E-state index is -1.11. The van der Waals surface area contributed by atoms with Crippen LogP contribution in [-0.4, -0.2) is 157 Å². The number of fused-ring (bicyclic) bond motifs is 4. The van der Waals surface area contributed by atoms with Crippen LogP contribution in [-0.2, 0) is 13.1 Å². The van der Waals surface area contributed by atoms with E-state index in [1.165, 1.54) is 0 Å². The lowest BCUT2D eigenvalue weighted by Gasteiger charge is -2.42. The van der Waals surface area contributed by atoms with Crippen molar-refractivity contribution in [2.75, 3.05) is 75.2 Å². The number of piperazine rings is 2. The van der Waals surface area contributed by atoms with Crippen molar-refractivity contribution < 1.29 is 19.8 Å². The second kappa shape index (κ2) is 29.6. The number of rotatable bonds is 13. The van der Waals surface area contributed by atoms with Gasteiger partial charge in [-0.3, -0.25) is 29.6 Å². The number of aryl methyl sites for hydroxylation is 2. The van der Waals surface area contributed by atoms with Crippen molar-refractivity contribution in [2.24, 2.45) is 0 Å². The zero-order valence-corrected chi connectivity index (χ0v) is 55.8. The lowest BCUT2D eigenvalue weighted by atomic mass is 9.93. The number of anilines is 2. The number of benzene rings is 4. The summed E-state index contributed by atoms with van der Waals surface area (Å²) in [7, 11) is 0. The number of hydrogen-bond acceptors (Lipinski definition) is 13. The summed E-state index contributed by atoms with van der Waals surface area (Å²) in [5.41, 5.74) is 11.0. The fourth-order valence-electron chi connectivity index (χ4n) is 12.4. The van der Waals surface area contributed by atoms with Crippen molar-refractivity contribution in [3.63, 3.8) is 0 Å². The van der Waals surface area contributed by atoms with Crippen LogP contribution in [0.1, 0.15) is 107 Å². The zero-order chi connectivity index (χ0) is 67.7. The molecule has 0 bridgehead atoms. The monoisotopic (exact) mass is 1310 g/mol. The van der Waals surface area contributed by atoms with Gasteiger partial charge in [-0.2, -0.15) is 10.5 Å². The van der Waals surface area contributed by atoms with Gasteiger partial charge in [-0.05, 0) is 184 Å². The Morgan fingerprint density at radius 1 is 0.634 bits per heavy atom. The molecule has 2 fully saturated rings. The number of thiol groups is 1. The zero-order valence-electron chi connectivity index (χ0n) is 55.4. The molecule has 12 rings (SSSR count). The summed E-state index contributed by atoms with van der Waals surface area (Å²) in [6.07, 6.45) is 15.7. The molecule has 4 amide bonds. The Balaban J connectivity index is 0.000000196. The molecule has 4 aliphatic rings. The van der Waals surface area contributed by atoms with Crippen LogP contribution in [0.25, 0.3) is 23.3 Å². The average Bonchev–Trinajstić information content (AvgIpc) is 1.68. The second-order valence-corrected chi connectivity index (χ2v) is 26.1. The number of halogens is 2. The van der Waals surface area contributed by atoms with E-state index in [4.69, 9.17) is 41.0 Å². The quantitative estimate of drug-likeness (QED) is 0.0729. The third-order valence-electron chi connectivity index (χ3n) is 16.8. The van der Waals surface area contributed by atoms with Crippen LogP contribution in [0.5, 0.6) is 0 Å². The molecule has 2 unspecified atom stereocenters. The highest BCUT2D eigenvalue weighted by molar-refractivity contribution is 8.06. The SMILES string of the molecule is Cc1nccn1CC1=Cc2cccnc2C(N2CCN(C(=O)N(CC(C)(C)O)c3ccc(C#N)cc3)CC2)c2ccc(Cl)cc21.[2H]B(C)S.[3H]OC(C)(C)CN(C(=O)N1CCN(C2c3ccc(Cl)cc3C(Cn3ccnc3C)=Cc3cccnc32)CC1)c1ccc(C#N)cc1. The maximum atomic E-state index is 14.0. The molecule has 8 aromatic rings. The molecular weight excluding hydrogens is 1230 g/mol.